The Morgan fingerprint density at radius 3 is 3.00 bits per heavy atom. The lowest BCUT2D eigenvalue weighted by Gasteiger charge is -2.40. The fourth-order valence-electron chi connectivity index (χ4n) is 3.44. The lowest BCUT2D eigenvalue weighted by atomic mass is 9.76. The Labute approximate surface area is 109 Å². The minimum absolute atomic E-state index is 0.494. The van der Waals surface area contributed by atoms with Gasteiger partial charge >= 0.3 is 5.97 Å². The van der Waals surface area contributed by atoms with Gasteiger partial charge in [-0.1, -0.05) is 13.3 Å². The second kappa shape index (κ2) is 6.02. The first-order chi connectivity index (χ1) is 8.66. The molecule has 0 amide bonds. The minimum atomic E-state index is -0.600. The quantitative estimate of drug-likeness (QED) is 0.816. The van der Waals surface area contributed by atoms with Crippen molar-refractivity contribution in [1.29, 1.82) is 0 Å². The Hall–Kier alpha value is -0.610. The van der Waals surface area contributed by atoms with Crippen molar-refractivity contribution in [1.82, 2.24) is 4.90 Å². The molecule has 0 radical (unpaired) electrons. The van der Waals surface area contributed by atoms with Crippen LogP contribution in [0.4, 0.5) is 0 Å². The van der Waals surface area contributed by atoms with Crippen LogP contribution in [-0.2, 0) is 9.53 Å². The highest BCUT2D eigenvalue weighted by Gasteiger charge is 2.41. The lowest BCUT2D eigenvalue weighted by molar-refractivity contribution is -0.153. The number of carboxylic acid groups (broad SMARTS) is 1. The van der Waals surface area contributed by atoms with E-state index in [9.17, 15) is 9.90 Å². The van der Waals surface area contributed by atoms with Crippen LogP contribution < -0.4 is 0 Å². The molecule has 0 aromatic rings. The summed E-state index contributed by atoms with van der Waals surface area (Å²) in [4.78, 5) is 14.0. The molecule has 2 atom stereocenters. The maximum absolute atomic E-state index is 11.6. The topological polar surface area (TPSA) is 49.8 Å². The molecule has 2 saturated heterocycles. The van der Waals surface area contributed by atoms with Gasteiger partial charge in [0.2, 0.25) is 0 Å². The SMILES string of the molecule is CCCC1(C(=O)O)CCCN(CC2CCOC2)C1. The first kappa shape index (κ1) is 13.8. The fraction of sp³-hybridized carbons (Fsp3) is 0.929. The largest absolute Gasteiger partial charge is 0.481 e. The molecule has 1 N–H and O–H groups in total. The molecular formula is C14H25NO3. The second-order valence-corrected chi connectivity index (χ2v) is 5.90. The number of carboxylic acids is 1. The van der Waals surface area contributed by atoms with E-state index in [1.54, 1.807) is 0 Å². The minimum Gasteiger partial charge on any atom is -0.481 e. The number of aliphatic carboxylic acids is 1. The number of nitrogens with zero attached hydrogens (tertiary/aromatic N) is 1. The van der Waals surface area contributed by atoms with Crippen molar-refractivity contribution in [2.24, 2.45) is 11.3 Å². The van der Waals surface area contributed by atoms with E-state index < -0.39 is 11.4 Å². The number of rotatable bonds is 5. The molecule has 2 aliphatic rings. The highest BCUT2D eigenvalue weighted by Crippen LogP contribution is 2.35. The predicted octanol–water partition coefficient (Wildman–Crippen LogP) is 1.99. The standard InChI is InChI=1S/C14H25NO3/c1-2-5-14(13(16)17)6-3-7-15(11-14)9-12-4-8-18-10-12/h12H,2-11H2,1H3,(H,16,17). The van der Waals surface area contributed by atoms with E-state index in [0.717, 1.165) is 65.0 Å². The molecule has 0 aliphatic carbocycles. The highest BCUT2D eigenvalue weighted by molar-refractivity contribution is 5.75. The molecule has 2 rings (SSSR count). The van der Waals surface area contributed by atoms with Gasteiger partial charge in [0.1, 0.15) is 0 Å². The first-order valence-electron chi connectivity index (χ1n) is 7.20. The second-order valence-electron chi connectivity index (χ2n) is 5.90. The van der Waals surface area contributed by atoms with Crippen LogP contribution >= 0.6 is 0 Å². The number of ether oxygens (including phenoxy) is 1. The van der Waals surface area contributed by atoms with Crippen LogP contribution in [0, 0.1) is 11.3 Å². The van der Waals surface area contributed by atoms with Crippen LogP contribution in [0.15, 0.2) is 0 Å². The zero-order valence-electron chi connectivity index (χ0n) is 11.4. The summed E-state index contributed by atoms with van der Waals surface area (Å²) in [6, 6.07) is 0. The zero-order chi connectivity index (χ0) is 13.0. The van der Waals surface area contributed by atoms with Gasteiger partial charge in [-0.2, -0.15) is 0 Å². The van der Waals surface area contributed by atoms with Gasteiger partial charge in [0.25, 0.3) is 0 Å². The lowest BCUT2D eigenvalue weighted by Crippen LogP contribution is -2.49. The van der Waals surface area contributed by atoms with Crippen molar-refractivity contribution >= 4 is 5.97 Å². The Morgan fingerprint density at radius 2 is 2.39 bits per heavy atom. The zero-order valence-corrected chi connectivity index (χ0v) is 11.4. The number of piperidine rings is 1. The van der Waals surface area contributed by atoms with E-state index in [1.165, 1.54) is 0 Å². The van der Waals surface area contributed by atoms with Gasteiger partial charge < -0.3 is 14.7 Å². The van der Waals surface area contributed by atoms with Crippen molar-refractivity contribution < 1.29 is 14.6 Å². The summed E-state index contributed by atoms with van der Waals surface area (Å²) < 4.78 is 5.40. The average Bonchev–Trinajstić information content (AvgIpc) is 2.82. The number of carbonyl (C=O) groups is 1. The molecule has 0 saturated carbocycles. The summed E-state index contributed by atoms with van der Waals surface area (Å²) in [5.74, 6) is 0.00735. The van der Waals surface area contributed by atoms with Crippen molar-refractivity contribution in [3.63, 3.8) is 0 Å². The molecule has 2 fully saturated rings. The molecule has 0 bridgehead atoms. The molecule has 2 aliphatic heterocycles. The summed E-state index contributed by atoms with van der Waals surface area (Å²) in [7, 11) is 0. The summed E-state index contributed by atoms with van der Waals surface area (Å²) in [6.45, 7) is 6.59. The molecule has 0 spiro atoms. The van der Waals surface area contributed by atoms with Crippen LogP contribution in [0.5, 0.6) is 0 Å². The normalized spacial score (nSPS) is 33.7. The third-order valence-electron chi connectivity index (χ3n) is 4.38. The number of hydrogen-bond donors (Lipinski definition) is 1. The predicted molar refractivity (Wildman–Crippen MR) is 69.6 cm³/mol. The molecule has 104 valence electrons. The van der Waals surface area contributed by atoms with Gasteiger partial charge in [-0.25, -0.2) is 0 Å². The van der Waals surface area contributed by atoms with Crippen LogP contribution in [-0.4, -0.2) is 48.8 Å². The van der Waals surface area contributed by atoms with Crippen molar-refractivity contribution in [2.75, 3.05) is 32.8 Å². The third kappa shape index (κ3) is 3.04. The van der Waals surface area contributed by atoms with Crippen LogP contribution in [0.2, 0.25) is 0 Å². The van der Waals surface area contributed by atoms with E-state index in [1.807, 2.05) is 0 Å². The van der Waals surface area contributed by atoms with E-state index in [4.69, 9.17) is 4.74 Å². The monoisotopic (exact) mass is 255 g/mol. The van der Waals surface area contributed by atoms with Crippen molar-refractivity contribution in [2.45, 2.75) is 39.0 Å². The maximum atomic E-state index is 11.6. The smallest absolute Gasteiger partial charge is 0.310 e. The summed E-state index contributed by atoms with van der Waals surface area (Å²) in [5, 5.41) is 9.55. The van der Waals surface area contributed by atoms with Gasteiger partial charge in [-0.15, -0.1) is 0 Å². The highest BCUT2D eigenvalue weighted by atomic mass is 16.5. The summed E-state index contributed by atoms with van der Waals surface area (Å²) in [5.41, 5.74) is -0.494. The Kier molecular flexibility index (Phi) is 4.62. The van der Waals surface area contributed by atoms with Gasteiger partial charge in [0, 0.05) is 19.7 Å². The summed E-state index contributed by atoms with van der Waals surface area (Å²) in [6.07, 6.45) is 4.74. The van der Waals surface area contributed by atoms with E-state index >= 15 is 0 Å². The van der Waals surface area contributed by atoms with Crippen LogP contribution in [0.25, 0.3) is 0 Å². The number of likely N-dealkylation sites (tertiary alicyclic amines) is 1. The van der Waals surface area contributed by atoms with Gasteiger partial charge in [0.05, 0.1) is 12.0 Å². The van der Waals surface area contributed by atoms with Crippen LogP contribution in [0.1, 0.15) is 39.0 Å². The van der Waals surface area contributed by atoms with E-state index in [-0.39, 0.29) is 0 Å². The van der Waals surface area contributed by atoms with E-state index in [0.29, 0.717) is 5.92 Å². The molecule has 18 heavy (non-hydrogen) atoms. The Balaban J connectivity index is 1.94. The van der Waals surface area contributed by atoms with Crippen molar-refractivity contribution in [3.05, 3.63) is 0 Å². The Bertz CT molecular complexity index is 285. The average molecular weight is 255 g/mol. The molecule has 2 heterocycles. The molecule has 0 aromatic heterocycles. The Morgan fingerprint density at radius 1 is 1.56 bits per heavy atom. The van der Waals surface area contributed by atoms with Gasteiger partial charge in [-0.05, 0) is 38.1 Å². The molecular weight excluding hydrogens is 230 g/mol. The number of hydrogen-bond acceptors (Lipinski definition) is 3. The third-order valence-corrected chi connectivity index (χ3v) is 4.38. The van der Waals surface area contributed by atoms with Gasteiger partial charge in [-0.3, -0.25) is 4.79 Å². The molecule has 0 aromatic carbocycles. The first-order valence-corrected chi connectivity index (χ1v) is 7.20. The maximum Gasteiger partial charge on any atom is 0.310 e. The van der Waals surface area contributed by atoms with Gasteiger partial charge in [0.15, 0.2) is 0 Å². The molecule has 2 unspecified atom stereocenters. The molecule has 4 nitrogen and oxygen atoms in total. The molecule has 4 heteroatoms. The van der Waals surface area contributed by atoms with Crippen LogP contribution in [0.3, 0.4) is 0 Å². The summed E-state index contributed by atoms with van der Waals surface area (Å²) >= 11 is 0. The van der Waals surface area contributed by atoms with Crippen molar-refractivity contribution in [3.8, 4) is 0 Å². The fourth-order valence-corrected chi connectivity index (χ4v) is 3.44. The van der Waals surface area contributed by atoms with E-state index in [2.05, 4.69) is 11.8 Å².